The average Bonchev–Trinajstić information content (AvgIpc) is 3.29. The summed E-state index contributed by atoms with van der Waals surface area (Å²) in [6, 6.07) is 16.5. The van der Waals surface area contributed by atoms with Crippen LogP contribution in [0, 0.1) is 0 Å². The number of furan rings is 1. The third-order valence-electron chi connectivity index (χ3n) is 3.75. The molecule has 0 radical (unpaired) electrons. The van der Waals surface area contributed by atoms with Crippen molar-refractivity contribution in [1.82, 2.24) is 4.90 Å². The Bertz CT molecular complexity index is 713. The van der Waals surface area contributed by atoms with E-state index in [4.69, 9.17) is 16.6 Å². The van der Waals surface area contributed by atoms with Gasteiger partial charge in [-0.15, -0.1) is 11.3 Å². The molecule has 3 nitrogen and oxygen atoms in total. The third-order valence-corrected chi connectivity index (χ3v) is 4.98. The summed E-state index contributed by atoms with van der Waals surface area (Å²) in [6.07, 6.45) is 2.73. The highest BCUT2D eigenvalue weighted by Crippen LogP contribution is 2.17. The van der Waals surface area contributed by atoms with Gasteiger partial charge in [0, 0.05) is 10.6 Å². The minimum Gasteiger partial charge on any atom is -0.467 e. The van der Waals surface area contributed by atoms with Gasteiger partial charge in [0.2, 0.25) is 0 Å². The van der Waals surface area contributed by atoms with Crippen LogP contribution in [0.25, 0.3) is 0 Å². The van der Waals surface area contributed by atoms with Crippen LogP contribution in [-0.2, 0) is 19.5 Å². The van der Waals surface area contributed by atoms with Crippen molar-refractivity contribution >= 4 is 34.4 Å². The molecule has 0 fully saturated rings. The van der Waals surface area contributed by atoms with Crippen molar-refractivity contribution in [2.75, 3.05) is 5.32 Å². The topological polar surface area (TPSA) is 28.4 Å². The Morgan fingerprint density at radius 1 is 1.12 bits per heavy atom. The van der Waals surface area contributed by atoms with Crippen molar-refractivity contribution in [3.05, 3.63) is 76.4 Å². The molecule has 0 unspecified atom stereocenters. The van der Waals surface area contributed by atoms with Gasteiger partial charge in [-0.3, -0.25) is 0 Å². The summed E-state index contributed by atoms with van der Waals surface area (Å²) in [4.78, 5) is 3.39. The minimum atomic E-state index is 0.643. The number of hydrogen-bond donors (Lipinski definition) is 1. The van der Waals surface area contributed by atoms with Crippen LogP contribution in [0.1, 0.15) is 23.1 Å². The summed E-state index contributed by atoms with van der Waals surface area (Å²) in [6.45, 7) is 3.56. The van der Waals surface area contributed by atoms with Crippen LogP contribution in [0.5, 0.6) is 0 Å². The normalized spacial score (nSPS) is 10.5. The lowest BCUT2D eigenvalue weighted by Crippen LogP contribution is -2.33. The number of aryl methyl sites for hydroxylation is 1. The molecule has 0 spiro atoms. The molecule has 124 valence electrons. The van der Waals surface area contributed by atoms with Gasteiger partial charge in [0.1, 0.15) is 5.76 Å². The highest BCUT2D eigenvalue weighted by Gasteiger charge is 2.13. The van der Waals surface area contributed by atoms with E-state index in [9.17, 15) is 0 Å². The zero-order chi connectivity index (χ0) is 16.8. The SMILES string of the molecule is CCc1ccc(NC(=S)N(Cc2ccco2)Cc2cccs2)cc1. The first-order chi connectivity index (χ1) is 11.7. The highest BCUT2D eigenvalue weighted by molar-refractivity contribution is 7.80. The average molecular weight is 357 g/mol. The predicted molar refractivity (Wildman–Crippen MR) is 104 cm³/mol. The number of nitrogens with zero attached hydrogens (tertiary/aromatic N) is 1. The minimum absolute atomic E-state index is 0.643. The summed E-state index contributed by atoms with van der Waals surface area (Å²) in [7, 11) is 0. The fraction of sp³-hybridized carbons (Fsp3) is 0.211. The maximum atomic E-state index is 5.64. The Balaban J connectivity index is 1.71. The number of benzene rings is 1. The summed E-state index contributed by atoms with van der Waals surface area (Å²) < 4.78 is 5.49. The van der Waals surface area contributed by atoms with Gasteiger partial charge in [0.15, 0.2) is 5.11 Å². The Kier molecular flexibility index (Phi) is 5.67. The summed E-state index contributed by atoms with van der Waals surface area (Å²) in [5, 5.41) is 6.12. The number of nitrogens with one attached hydrogen (secondary N) is 1. The van der Waals surface area contributed by atoms with E-state index in [1.165, 1.54) is 10.4 Å². The molecule has 0 saturated carbocycles. The molecule has 0 aliphatic rings. The van der Waals surface area contributed by atoms with Gasteiger partial charge < -0.3 is 14.6 Å². The van der Waals surface area contributed by atoms with Crippen LogP contribution in [0.15, 0.2) is 64.6 Å². The molecular formula is C19H20N2OS2. The molecule has 2 aromatic heterocycles. The van der Waals surface area contributed by atoms with Gasteiger partial charge in [-0.25, -0.2) is 0 Å². The number of rotatable bonds is 6. The summed E-state index contributed by atoms with van der Waals surface area (Å²) in [5.74, 6) is 0.900. The van der Waals surface area contributed by atoms with Crippen LogP contribution in [0.3, 0.4) is 0 Å². The van der Waals surface area contributed by atoms with E-state index in [0.29, 0.717) is 11.7 Å². The monoisotopic (exact) mass is 356 g/mol. The Labute approximate surface area is 151 Å². The first-order valence-electron chi connectivity index (χ1n) is 7.94. The van der Waals surface area contributed by atoms with E-state index in [0.717, 1.165) is 24.4 Å². The predicted octanol–water partition coefficient (Wildman–Crippen LogP) is 5.30. The quantitative estimate of drug-likeness (QED) is 0.607. The standard InChI is InChI=1S/C19H20N2OS2/c1-2-15-7-9-16(10-8-15)20-19(23)21(13-17-5-3-11-22-17)14-18-6-4-12-24-18/h3-12H,2,13-14H2,1H3,(H,20,23). The van der Waals surface area contributed by atoms with E-state index in [1.807, 2.05) is 12.1 Å². The third kappa shape index (κ3) is 4.46. The van der Waals surface area contributed by atoms with Gasteiger partial charge in [-0.05, 0) is 59.9 Å². The van der Waals surface area contributed by atoms with Crippen LogP contribution in [-0.4, -0.2) is 10.0 Å². The lowest BCUT2D eigenvalue weighted by atomic mass is 10.1. The van der Waals surface area contributed by atoms with Crippen molar-refractivity contribution in [3.63, 3.8) is 0 Å². The first kappa shape index (κ1) is 16.7. The second-order valence-electron chi connectivity index (χ2n) is 5.50. The second kappa shape index (κ2) is 8.13. The van der Waals surface area contributed by atoms with E-state index >= 15 is 0 Å². The Hall–Kier alpha value is -2.11. The van der Waals surface area contributed by atoms with Crippen LogP contribution < -0.4 is 5.32 Å². The Morgan fingerprint density at radius 3 is 2.58 bits per heavy atom. The van der Waals surface area contributed by atoms with E-state index in [-0.39, 0.29) is 0 Å². The molecule has 0 aliphatic heterocycles. The second-order valence-corrected chi connectivity index (χ2v) is 6.91. The number of anilines is 1. The number of thiocarbonyl (C=S) groups is 1. The molecule has 1 aromatic carbocycles. The van der Waals surface area contributed by atoms with Crippen molar-refractivity contribution in [2.24, 2.45) is 0 Å². The van der Waals surface area contributed by atoms with Gasteiger partial charge in [-0.2, -0.15) is 0 Å². The van der Waals surface area contributed by atoms with Crippen molar-refractivity contribution < 1.29 is 4.42 Å². The van der Waals surface area contributed by atoms with Crippen molar-refractivity contribution in [3.8, 4) is 0 Å². The first-order valence-corrected chi connectivity index (χ1v) is 9.23. The van der Waals surface area contributed by atoms with Crippen LogP contribution >= 0.6 is 23.6 Å². The van der Waals surface area contributed by atoms with Gasteiger partial charge in [0.25, 0.3) is 0 Å². The van der Waals surface area contributed by atoms with Crippen LogP contribution in [0.2, 0.25) is 0 Å². The largest absolute Gasteiger partial charge is 0.467 e. The van der Waals surface area contributed by atoms with Gasteiger partial charge in [0.05, 0.1) is 19.4 Å². The molecule has 0 aliphatic carbocycles. The molecule has 1 N–H and O–H groups in total. The summed E-state index contributed by atoms with van der Waals surface area (Å²) in [5.41, 5.74) is 2.32. The molecule has 0 bridgehead atoms. The smallest absolute Gasteiger partial charge is 0.174 e. The van der Waals surface area contributed by atoms with Crippen molar-refractivity contribution in [2.45, 2.75) is 26.4 Å². The molecule has 3 rings (SSSR count). The van der Waals surface area contributed by atoms with Gasteiger partial charge in [-0.1, -0.05) is 25.1 Å². The zero-order valence-electron chi connectivity index (χ0n) is 13.6. The Morgan fingerprint density at radius 2 is 1.96 bits per heavy atom. The molecule has 5 heteroatoms. The molecular weight excluding hydrogens is 336 g/mol. The van der Waals surface area contributed by atoms with Gasteiger partial charge >= 0.3 is 0 Å². The number of thiophene rings is 1. The number of hydrogen-bond acceptors (Lipinski definition) is 3. The fourth-order valence-electron chi connectivity index (χ4n) is 2.41. The van der Waals surface area contributed by atoms with E-state index < -0.39 is 0 Å². The molecule has 24 heavy (non-hydrogen) atoms. The fourth-order valence-corrected chi connectivity index (χ4v) is 3.37. The van der Waals surface area contributed by atoms with E-state index in [1.54, 1.807) is 17.6 Å². The molecule has 3 aromatic rings. The molecule has 0 atom stereocenters. The maximum Gasteiger partial charge on any atom is 0.174 e. The molecule has 2 heterocycles. The van der Waals surface area contributed by atoms with Crippen molar-refractivity contribution in [1.29, 1.82) is 0 Å². The van der Waals surface area contributed by atoms with E-state index in [2.05, 4.69) is 58.9 Å². The lowest BCUT2D eigenvalue weighted by molar-refractivity contribution is 0.362. The maximum absolute atomic E-state index is 5.64. The van der Waals surface area contributed by atoms with Crippen LogP contribution in [0.4, 0.5) is 5.69 Å². The summed E-state index contributed by atoms with van der Waals surface area (Å²) >= 11 is 7.38. The molecule has 0 saturated heterocycles. The zero-order valence-corrected chi connectivity index (χ0v) is 15.2. The molecule has 0 amide bonds. The lowest BCUT2D eigenvalue weighted by Gasteiger charge is -2.24. The highest BCUT2D eigenvalue weighted by atomic mass is 32.1.